The monoisotopic (exact) mass is 235 g/mol. The van der Waals surface area contributed by atoms with Crippen molar-refractivity contribution in [1.29, 1.82) is 0 Å². The summed E-state index contributed by atoms with van der Waals surface area (Å²) in [6, 6.07) is 9.11. The third-order valence-electron chi connectivity index (χ3n) is 3.87. The molecule has 0 aromatic heterocycles. The Hall–Kier alpha value is -0.530. The lowest BCUT2D eigenvalue weighted by molar-refractivity contribution is 0.288. The number of hydrogen-bond acceptors (Lipinski definition) is 1. The number of hydrogen-bond donors (Lipinski definition) is 1. The topological polar surface area (TPSA) is 12.0 Å². The standard InChI is InChI=1S/C14H18ClN/c15-13-5-3-11(4-6-13)12-7-14(8-12)16-9-10-1-2-10/h3-6,10,12,14,16H,1-2,7-9H2. The van der Waals surface area contributed by atoms with Gasteiger partial charge < -0.3 is 5.32 Å². The molecule has 2 fully saturated rings. The summed E-state index contributed by atoms with van der Waals surface area (Å²) in [6.07, 6.45) is 5.49. The van der Waals surface area contributed by atoms with Crippen molar-refractivity contribution in [1.82, 2.24) is 5.32 Å². The molecule has 1 aromatic carbocycles. The Morgan fingerprint density at radius 3 is 2.44 bits per heavy atom. The van der Waals surface area contributed by atoms with Crippen molar-refractivity contribution in [2.75, 3.05) is 6.54 Å². The molecular weight excluding hydrogens is 218 g/mol. The lowest BCUT2D eigenvalue weighted by Gasteiger charge is -2.36. The largest absolute Gasteiger partial charge is 0.314 e. The molecule has 0 radical (unpaired) electrons. The molecule has 16 heavy (non-hydrogen) atoms. The molecular formula is C14H18ClN. The smallest absolute Gasteiger partial charge is 0.0406 e. The maximum Gasteiger partial charge on any atom is 0.0406 e. The van der Waals surface area contributed by atoms with Crippen molar-refractivity contribution < 1.29 is 0 Å². The first-order chi connectivity index (χ1) is 7.81. The molecule has 1 N–H and O–H groups in total. The highest BCUT2D eigenvalue weighted by Crippen LogP contribution is 2.38. The summed E-state index contributed by atoms with van der Waals surface area (Å²) in [6.45, 7) is 1.25. The van der Waals surface area contributed by atoms with Crippen molar-refractivity contribution in [3.05, 3.63) is 34.9 Å². The van der Waals surface area contributed by atoms with Crippen molar-refractivity contribution in [3.63, 3.8) is 0 Å². The maximum absolute atomic E-state index is 5.89. The van der Waals surface area contributed by atoms with Crippen LogP contribution in [0.15, 0.2) is 24.3 Å². The minimum absolute atomic E-state index is 0.758. The summed E-state index contributed by atoms with van der Waals surface area (Å²) < 4.78 is 0. The first kappa shape index (κ1) is 10.6. The van der Waals surface area contributed by atoms with Gasteiger partial charge in [-0.1, -0.05) is 23.7 Å². The molecule has 0 saturated heterocycles. The van der Waals surface area contributed by atoms with Gasteiger partial charge >= 0.3 is 0 Å². The zero-order chi connectivity index (χ0) is 11.0. The van der Waals surface area contributed by atoms with Crippen molar-refractivity contribution in [2.45, 2.75) is 37.6 Å². The fraction of sp³-hybridized carbons (Fsp3) is 0.571. The molecule has 0 aliphatic heterocycles. The van der Waals surface area contributed by atoms with E-state index in [4.69, 9.17) is 11.6 Å². The lowest BCUT2D eigenvalue weighted by Crippen LogP contribution is -2.40. The molecule has 2 heteroatoms. The number of benzene rings is 1. The van der Waals surface area contributed by atoms with Gasteiger partial charge in [-0.3, -0.25) is 0 Å². The van der Waals surface area contributed by atoms with Crippen molar-refractivity contribution >= 4 is 11.6 Å². The van der Waals surface area contributed by atoms with E-state index in [2.05, 4.69) is 17.4 Å². The van der Waals surface area contributed by atoms with Gasteiger partial charge in [-0.05, 0) is 61.8 Å². The first-order valence-corrected chi connectivity index (χ1v) is 6.68. The Kier molecular flexibility index (Phi) is 2.91. The van der Waals surface area contributed by atoms with Gasteiger partial charge in [0.25, 0.3) is 0 Å². The molecule has 3 rings (SSSR count). The quantitative estimate of drug-likeness (QED) is 0.841. The molecule has 2 aliphatic carbocycles. The van der Waals surface area contributed by atoms with Crippen LogP contribution in [-0.2, 0) is 0 Å². The van der Waals surface area contributed by atoms with Crippen LogP contribution in [0.5, 0.6) is 0 Å². The van der Waals surface area contributed by atoms with Crippen LogP contribution < -0.4 is 5.32 Å². The molecule has 0 amide bonds. The molecule has 86 valence electrons. The van der Waals surface area contributed by atoms with Gasteiger partial charge in [-0.15, -0.1) is 0 Å². The summed E-state index contributed by atoms with van der Waals surface area (Å²) in [5.41, 5.74) is 1.45. The molecule has 2 aliphatic rings. The van der Waals surface area contributed by atoms with Gasteiger partial charge in [0, 0.05) is 11.1 Å². The van der Waals surface area contributed by atoms with E-state index in [0.29, 0.717) is 0 Å². The molecule has 0 spiro atoms. The summed E-state index contributed by atoms with van der Waals surface area (Å²) in [7, 11) is 0. The molecule has 1 nitrogen and oxygen atoms in total. The molecule has 1 aromatic rings. The Balaban J connectivity index is 1.46. The fourth-order valence-corrected chi connectivity index (χ4v) is 2.57. The lowest BCUT2D eigenvalue weighted by atomic mass is 9.76. The van der Waals surface area contributed by atoms with Gasteiger partial charge in [-0.2, -0.15) is 0 Å². The van der Waals surface area contributed by atoms with Crippen molar-refractivity contribution in [2.24, 2.45) is 5.92 Å². The predicted molar refractivity (Wildman–Crippen MR) is 67.9 cm³/mol. The Bertz CT molecular complexity index is 350. The van der Waals surface area contributed by atoms with Crippen LogP contribution >= 0.6 is 11.6 Å². The predicted octanol–water partition coefficient (Wildman–Crippen LogP) is 3.59. The van der Waals surface area contributed by atoms with Gasteiger partial charge in [0.05, 0.1) is 0 Å². The Labute approximate surface area is 102 Å². The third kappa shape index (κ3) is 2.41. The van der Waals surface area contributed by atoms with E-state index in [0.717, 1.165) is 22.9 Å². The molecule has 0 heterocycles. The molecule has 2 saturated carbocycles. The summed E-state index contributed by atoms with van der Waals surface area (Å²) in [4.78, 5) is 0. The van der Waals surface area contributed by atoms with Crippen LogP contribution in [0, 0.1) is 5.92 Å². The summed E-state index contributed by atoms with van der Waals surface area (Å²) in [5.74, 6) is 1.75. The minimum atomic E-state index is 0.758. The van der Waals surface area contributed by atoms with Gasteiger partial charge in [0.15, 0.2) is 0 Å². The second kappa shape index (κ2) is 4.38. The number of halogens is 1. The summed E-state index contributed by atoms with van der Waals surface area (Å²) in [5, 5.41) is 4.51. The zero-order valence-corrected chi connectivity index (χ0v) is 10.2. The van der Waals surface area contributed by atoms with E-state index in [1.165, 1.54) is 37.8 Å². The van der Waals surface area contributed by atoms with Gasteiger partial charge in [-0.25, -0.2) is 0 Å². The molecule has 0 atom stereocenters. The second-order valence-corrected chi connectivity index (χ2v) is 5.70. The molecule has 0 bridgehead atoms. The maximum atomic E-state index is 5.89. The zero-order valence-electron chi connectivity index (χ0n) is 9.45. The van der Waals surface area contributed by atoms with E-state index in [1.807, 2.05) is 12.1 Å². The van der Waals surface area contributed by atoms with Crippen LogP contribution in [0.3, 0.4) is 0 Å². The molecule has 0 unspecified atom stereocenters. The fourth-order valence-electron chi connectivity index (χ4n) is 2.45. The van der Waals surface area contributed by atoms with Gasteiger partial charge in [0.1, 0.15) is 0 Å². The number of nitrogens with one attached hydrogen (secondary N) is 1. The van der Waals surface area contributed by atoms with Gasteiger partial charge in [0.2, 0.25) is 0 Å². The Morgan fingerprint density at radius 1 is 1.12 bits per heavy atom. The average molecular weight is 236 g/mol. The van der Waals surface area contributed by atoms with E-state index in [1.54, 1.807) is 0 Å². The normalized spacial score (nSPS) is 28.8. The van der Waals surface area contributed by atoms with Crippen LogP contribution in [-0.4, -0.2) is 12.6 Å². The highest BCUT2D eigenvalue weighted by Gasteiger charge is 2.31. The van der Waals surface area contributed by atoms with E-state index in [9.17, 15) is 0 Å². The highest BCUT2D eigenvalue weighted by atomic mass is 35.5. The second-order valence-electron chi connectivity index (χ2n) is 5.27. The highest BCUT2D eigenvalue weighted by molar-refractivity contribution is 6.30. The third-order valence-corrected chi connectivity index (χ3v) is 4.12. The average Bonchev–Trinajstić information content (AvgIpc) is 3.02. The van der Waals surface area contributed by atoms with E-state index < -0.39 is 0 Å². The van der Waals surface area contributed by atoms with E-state index in [-0.39, 0.29) is 0 Å². The summed E-state index contributed by atoms with van der Waals surface area (Å²) >= 11 is 5.89. The van der Waals surface area contributed by atoms with Crippen LogP contribution in [0.4, 0.5) is 0 Å². The van der Waals surface area contributed by atoms with Crippen LogP contribution in [0.25, 0.3) is 0 Å². The Morgan fingerprint density at radius 2 is 1.81 bits per heavy atom. The minimum Gasteiger partial charge on any atom is -0.314 e. The number of rotatable bonds is 4. The van der Waals surface area contributed by atoms with Crippen LogP contribution in [0.1, 0.15) is 37.2 Å². The van der Waals surface area contributed by atoms with E-state index >= 15 is 0 Å². The van der Waals surface area contributed by atoms with Crippen LogP contribution in [0.2, 0.25) is 5.02 Å². The SMILES string of the molecule is Clc1ccc(C2CC(NCC3CC3)C2)cc1. The van der Waals surface area contributed by atoms with Crippen molar-refractivity contribution in [3.8, 4) is 0 Å². The first-order valence-electron chi connectivity index (χ1n) is 6.30.